The van der Waals surface area contributed by atoms with Crippen molar-refractivity contribution in [2.75, 3.05) is 0 Å². The molecule has 1 aromatic rings. The van der Waals surface area contributed by atoms with Gasteiger partial charge in [0, 0.05) is 24.0 Å². The van der Waals surface area contributed by atoms with Gasteiger partial charge in [0.2, 0.25) is 0 Å². The van der Waals surface area contributed by atoms with Gasteiger partial charge in [-0.1, -0.05) is 0 Å². The molecule has 0 atom stereocenters. The van der Waals surface area contributed by atoms with Crippen molar-refractivity contribution in [2.24, 2.45) is 0 Å². The summed E-state index contributed by atoms with van der Waals surface area (Å²) in [4.78, 5) is 7.49. The Hall–Kier alpha value is -1.32. The van der Waals surface area contributed by atoms with Gasteiger partial charge in [-0.2, -0.15) is 8.78 Å². The van der Waals surface area contributed by atoms with E-state index >= 15 is 0 Å². The molecule has 0 saturated carbocycles. The third-order valence-corrected chi connectivity index (χ3v) is 1.08. The molecule has 0 fully saturated rings. The normalized spacial score (nSPS) is 9.36. The fourth-order valence-electron chi connectivity index (χ4n) is 0.603. The van der Waals surface area contributed by atoms with Crippen LogP contribution in [0.3, 0.4) is 0 Å². The summed E-state index contributed by atoms with van der Waals surface area (Å²) in [7, 11) is 0. The standard InChI is InChI=1S/C7H6F2N2/c1-5-10-3-6(4-11-5)2-7(8)9/h2-4H,1H3. The Labute approximate surface area is 62.6 Å². The molecule has 0 aliphatic rings. The van der Waals surface area contributed by atoms with E-state index in [1.807, 2.05) is 0 Å². The van der Waals surface area contributed by atoms with Crippen LogP contribution in [0, 0.1) is 6.92 Å². The lowest BCUT2D eigenvalue weighted by molar-refractivity contribution is 0.429. The average Bonchev–Trinajstić information content (AvgIpc) is 1.93. The van der Waals surface area contributed by atoms with Crippen molar-refractivity contribution in [3.63, 3.8) is 0 Å². The van der Waals surface area contributed by atoms with Gasteiger partial charge in [-0.25, -0.2) is 9.97 Å². The van der Waals surface area contributed by atoms with Crippen LogP contribution in [0.25, 0.3) is 6.08 Å². The quantitative estimate of drug-likeness (QED) is 0.621. The Morgan fingerprint density at radius 1 is 1.36 bits per heavy atom. The predicted octanol–water partition coefficient (Wildman–Crippen LogP) is 2.02. The Balaban J connectivity index is 2.91. The third-order valence-electron chi connectivity index (χ3n) is 1.08. The molecule has 1 aromatic heterocycles. The SMILES string of the molecule is Cc1ncc(C=C(F)F)cn1. The van der Waals surface area contributed by atoms with Crippen molar-refractivity contribution in [1.82, 2.24) is 9.97 Å². The van der Waals surface area contributed by atoms with Crippen LogP contribution in [0.2, 0.25) is 0 Å². The zero-order valence-electron chi connectivity index (χ0n) is 5.88. The minimum atomic E-state index is -1.74. The van der Waals surface area contributed by atoms with Gasteiger partial charge in [-0.05, 0) is 6.92 Å². The Morgan fingerprint density at radius 2 is 1.91 bits per heavy atom. The molecule has 0 bridgehead atoms. The second-order valence-electron chi connectivity index (χ2n) is 2.00. The van der Waals surface area contributed by atoms with E-state index in [-0.39, 0.29) is 0 Å². The highest BCUT2D eigenvalue weighted by molar-refractivity contribution is 5.46. The molecule has 1 heterocycles. The van der Waals surface area contributed by atoms with Crippen molar-refractivity contribution in [2.45, 2.75) is 6.92 Å². The number of hydrogen-bond acceptors (Lipinski definition) is 2. The van der Waals surface area contributed by atoms with E-state index in [0.29, 0.717) is 11.4 Å². The zero-order valence-corrected chi connectivity index (χ0v) is 5.88. The molecule has 4 heteroatoms. The van der Waals surface area contributed by atoms with Crippen LogP contribution in [0.1, 0.15) is 11.4 Å². The maximum absolute atomic E-state index is 11.6. The molecule has 0 radical (unpaired) electrons. The number of halogens is 2. The van der Waals surface area contributed by atoms with Crippen LogP contribution in [-0.2, 0) is 0 Å². The summed E-state index contributed by atoms with van der Waals surface area (Å²) < 4.78 is 23.3. The van der Waals surface area contributed by atoms with Gasteiger partial charge in [0.1, 0.15) is 5.82 Å². The van der Waals surface area contributed by atoms with E-state index in [1.165, 1.54) is 12.4 Å². The fraction of sp³-hybridized carbons (Fsp3) is 0.143. The lowest BCUT2D eigenvalue weighted by Gasteiger charge is -1.91. The predicted molar refractivity (Wildman–Crippen MR) is 37.0 cm³/mol. The molecule has 11 heavy (non-hydrogen) atoms. The van der Waals surface area contributed by atoms with E-state index < -0.39 is 6.08 Å². The summed E-state index contributed by atoms with van der Waals surface area (Å²) in [6, 6.07) is 0. The van der Waals surface area contributed by atoms with Crippen LogP contribution in [0.5, 0.6) is 0 Å². The maximum atomic E-state index is 11.6. The van der Waals surface area contributed by atoms with Crippen LogP contribution in [0.4, 0.5) is 8.78 Å². The van der Waals surface area contributed by atoms with Gasteiger partial charge in [-0.3, -0.25) is 0 Å². The summed E-state index contributed by atoms with van der Waals surface area (Å²) in [6.45, 7) is 1.69. The second kappa shape index (κ2) is 3.18. The van der Waals surface area contributed by atoms with Crippen molar-refractivity contribution in [1.29, 1.82) is 0 Å². The second-order valence-corrected chi connectivity index (χ2v) is 2.00. The summed E-state index contributed by atoms with van der Waals surface area (Å²) in [5, 5.41) is 0. The van der Waals surface area contributed by atoms with Gasteiger partial charge < -0.3 is 0 Å². The molecule has 0 amide bonds. The number of aryl methyl sites for hydroxylation is 1. The van der Waals surface area contributed by atoms with Crippen molar-refractivity contribution in [3.8, 4) is 0 Å². The number of rotatable bonds is 1. The molecule has 0 N–H and O–H groups in total. The van der Waals surface area contributed by atoms with Crippen molar-refractivity contribution < 1.29 is 8.78 Å². The van der Waals surface area contributed by atoms with Gasteiger partial charge >= 0.3 is 0 Å². The van der Waals surface area contributed by atoms with Gasteiger partial charge in [-0.15, -0.1) is 0 Å². The van der Waals surface area contributed by atoms with Crippen LogP contribution < -0.4 is 0 Å². The number of hydrogen-bond donors (Lipinski definition) is 0. The monoisotopic (exact) mass is 156 g/mol. The van der Waals surface area contributed by atoms with Gasteiger partial charge in [0.15, 0.2) is 0 Å². The minimum Gasteiger partial charge on any atom is -0.241 e. The molecule has 0 aliphatic heterocycles. The topological polar surface area (TPSA) is 25.8 Å². The molecule has 0 aromatic carbocycles. The highest BCUT2D eigenvalue weighted by atomic mass is 19.3. The maximum Gasteiger partial charge on any atom is 0.271 e. The lowest BCUT2D eigenvalue weighted by atomic mass is 10.3. The van der Waals surface area contributed by atoms with Crippen molar-refractivity contribution in [3.05, 3.63) is 29.9 Å². The molecule has 0 saturated heterocycles. The van der Waals surface area contributed by atoms with E-state index in [1.54, 1.807) is 6.92 Å². The summed E-state index contributed by atoms with van der Waals surface area (Å²) in [5.74, 6) is 0.571. The molecule has 58 valence electrons. The van der Waals surface area contributed by atoms with Gasteiger partial charge in [0.05, 0.1) is 0 Å². The fourth-order valence-corrected chi connectivity index (χ4v) is 0.603. The molecule has 0 unspecified atom stereocenters. The van der Waals surface area contributed by atoms with Crippen LogP contribution in [0.15, 0.2) is 18.5 Å². The lowest BCUT2D eigenvalue weighted by Crippen LogP contribution is -1.85. The van der Waals surface area contributed by atoms with Crippen LogP contribution >= 0.6 is 0 Å². The molecular formula is C7H6F2N2. The molecule has 1 rings (SSSR count). The summed E-state index contributed by atoms with van der Waals surface area (Å²) >= 11 is 0. The smallest absolute Gasteiger partial charge is 0.241 e. The molecule has 0 aliphatic carbocycles. The molecule has 0 spiro atoms. The Bertz CT molecular complexity index is 262. The molecule has 2 nitrogen and oxygen atoms in total. The zero-order chi connectivity index (χ0) is 8.27. The Morgan fingerprint density at radius 3 is 2.36 bits per heavy atom. The van der Waals surface area contributed by atoms with E-state index in [2.05, 4.69) is 9.97 Å². The Kier molecular flexibility index (Phi) is 2.25. The first-order chi connectivity index (χ1) is 5.18. The third kappa shape index (κ3) is 2.41. The highest BCUT2D eigenvalue weighted by Crippen LogP contribution is 2.05. The minimum absolute atomic E-state index is 0.315. The summed E-state index contributed by atoms with van der Waals surface area (Å²) in [5.41, 5.74) is 0.315. The van der Waals surface area contributed by atoms with Crippen molar-refractivity contribution >= 4 is 6.08 Å². The first-order valence-corrected chi connectivity index (χ1v) is 3.00. The van der Waals surface area contributed by atoms with Crippen LogP contribution in [-0.4, -0.2) is 9.97 Å². The highest BCUT2D eigenvalue weighted by Gasteiger charge is 1.92. The summed E-state index contributed by atoms with van der Waals surface area (Å²) in [6.07, 6.45) is 1.68. The number of nitrogens with zero attached hydrogens (tertiary/aromatic N) is 2. The molecular weight excluding hydrogens is 150 g/mol. The number of aromatic nitrogens is 2. The first kappa shape index (κ1) is 7.78. The average molecular weight is 156 g/mol. The van der Waals surface area contributed by atoms with E-state index in [0.717, 1.165) is 6.08 Å². The van der Waals surface area contributed by atoms with E-state index in [4.69, 9.17) is 0 Å². The largest absolute Gasteiger partial charge is 0.271 e. The van der Waals surface area contributed by atoms with E-state index in [9.17, 15) is 8.78 Å². The van der Waals surface area contributed by atoms with Gasteiger partial charge in [0.25, 0.3) is 6.08 Å². The first-order valence-electron chi connectivity index (χ1n) is 3.00.